The van der Waals surface area contributed by atoms with Gasteiger partial charge in [-0.3, -0.25) is 37.3 Å². The first kappa shape index (κ1) is 101. The average molecular weight is 1530 g/mol. The number of rotatable bonds is 77. The third kappa shape index (κ3) is 77.4. The lowest BCUT2D eigenvalue weighted by Gasteiger charge is -2.21. The maximum Gasteiger partial charge on any atom is 0.472 e. The molecule has 0 bridgehead atoms. The van der Waals surface area contributed by atoms with Crippen LogP contribution in [0.25, 0.3) is 0 Å². The number of phosphoric acid groups is 2. The van der Waals surface area contributed by atoms with Crippen LogP contribution < -0.4 is 0 Å². The molecule has 0 aliphatic carbocycles. The second-order valence-electron chi connectivity index (χ2n) is 27.4. The van der Waals surface area contributed by atoms with Crippen molar-refractivity contribution in [3.63, 3.8) is 0 Å². The van der Waals surface area contributed by atoms with E-state index in [0.717, 1.165) is 116 Å². The second-order valence-corrected chi connectivity index (χ2v) is 30.3. The first-order chi connectivity index (χ1) is 51.7. The standard InChI is InChI=1S/C87H148O17P2/c1-5-9-13-17-21-25-29-33-36-38-40-42-45-48-52-56-60-64-68-72-85(90)98-78-83(104-87(92)74-70-66-62-58-54-50-46-43-41-39-37-34-30-26-22-18-14-10-6-2)80-102-106(95,96)100-76-81(88)75-99-105(93,94)101-79-82(77-97-84(89)71-67-63-59-55-51-47-32-28-24-20-16-12-8-4)103-86(91)73-69-65-61-57-53-49-44-35-31-27-23-19-15-11-7-3/h21-22,25-26,28,32-34,36-37,40-43,48,50,52,54,60,62,64,66,81-83,88H,5-20,23-24,27,29-31,35,38-39,44-47,49,51,53,55-59,61,63,65,67-80H2,1-4H3,(H,93,94)(H,95,96)/b25-21-,26-22-,32-28-,36-33-,37-34-,42-40-,43-41-,52-48-,54-50-,64-60-,66-62-/t81-,82+,83+/m0/s1. The molecule has 17 nitrogen and oxygen atoms in total. The number of aliphatic hydroxyl groups excluding tert-OH is 1. The van der Waals surface area contributed by atoms with Gasteiger partial charge in [-0.05, 0) is 128 Å². The van der Waals surface area contributed by atoms with Crippen molar-refractivity contribution in [2.75, 3.05) is 39.6 Å². The van der Waals surface area contributed by atoms with Gasteiger partial charge in [0.05, 0.1) is 26.4 Å². The number of ether oxygens (including phenoxy) is 4. The number of allylic oxidation sites excluding steroid dienone is 22. The number of hydrogen-bond donors (Lipinski definition) is 3. The van der Waals surface area contributed by atoms with E-state index >= 15 is 0 Å². The summed E-state index contributed by atoms with van der Waals surface area (Å²) in [5.74, 6) is -2.37. The summed E-state index contributed by atoms with van der Waals surface area (Å²) in [5.41, 5.74) is 0. The van der Waals surface area contributed by atoms with E-state index in [1.54, 1.807) is 0 Å². The molecule has 0 fully saturated rings. The van der Waals surface area contributed by atoms with Crippen LogP contribution in [0.2, 0.25) is 0 Å². The van der Waals surface area contributed by atoms with E-state index in [1.165, 1.54) is 128 Å². The van der Waals surface area contributed by atoms with Crippen LogP contribution in [-0.2, 0) is 65.4 Å². The third-order valence-corrected chi connectivity index (χ3v) is 19.0. The minimum absolute atomic E-state index is 0.0195. The Labute approximate surface area is 644 Å². The quantitative estimate of drug-likeness (QED) is 0.0169. The topological polar surface area (TPSA) is 237 Å². The Morgan fingerprint density at radius 3 is 0.821 bits per heavy atom. The van der Waals surface area contributed by atoms with Gasteiger partial charge in [0.1, 0.15) is 19.3 Å². The molecule has 0 spiro atoms. The molecule has 0 aromatic carbocycles. The highest BCUT2D eigenvalue weighted by Crippen LogP contribution is 2.45. The molecule has 3 N–H and O–H groups in total. The number of aliphatic hydroxyl groups is 1. The zero-order chi connectivity index (χ0) is 77.4. The summed E-state index contributed by atoms with van der Waals surface area (Å²) in [6.45, 7) is 4.66. The molecule has 5 atom stereocenters. The molecule has 608 valence electrons. The van der Waals surface area contributed by atoms with Gasteiger partial charge >= 0.3 is 39.5 Å². The van der Waals surface area contributed by atoms with E-state index < -0.39 is 97.5 Å². The van der Waals surface area contributed by atoms with Crippen LogP contribution in [0.4, 0.5) is 0 Å². The number of hydrogen-bond acceptors (Lipinski definition) is 15. The minimum Gasteiger partial charge on any atom is -0.462 e. The van der Waals surface area contributed by atoms with Crippen molar-refractivity contribution in [2.45, 2.75) is 354 Å². The normalized spacial score (nSPS) is 14.5. The van der Waals surface area contributed by atoms with Crippen molar-refractivity contribution in [3.8, 4) is 0 Å². The Kier molecular flexibility index (Phi) is 74.8. The Hall–Kier alpha value is -4.80. The molecule has 0 amide bonds. The van der Waals surface area contributed by atoms with Crippen LogP contribution in [0.1, 0.15) is 336 Å². The van der Waals surface area contributed by atoms with Crippen LogP contribution in [0.5, 0.6) is 0 Å². The molecule has 0 rings (SSSR count). The van der Waals surface area contributed by atoms with E-state index in [4.69, 9.17) is 37.0 Å². The van der Waals surface area contributed by atoms with Gasteiger partial charge in [-0.2, -0.15) is 0 Å². The molecule has 0 saturated carbocycles. The lowest BCUT2D eigenvalue weighted by atomic mass is 10.0. The van der Waals surface area contributed by atoms with Crippen molar-refractivity contribution >= 4 is 39.5 Å². The predicted octanol–water partition coefficient (Wildman–Crippen LogP) is 24.4. The van der Waals surface area contributed by atoms with Crippen LogP contribution in [0, 0.1) is 0 Å². The van der Waals surface area contributed by atoms with E-state index in [2.05, 4.69) is 125 Å². The van der Waals surface area contributed by atoms with Gasteiger partial charge in [-0.1, -0.05) is 315 Å². The molecule has 0 aromatic rings. The van der Waals surface area contributed by atoms with E-state index in [1.807, 2.05) is 36.5 Å². The minimum atomic E-state index is -5.02. The Bertz CT molecular complexity index is 2530. The third-order valence-electron chi connectivity index (χ3n) is 17.1. The summed E-state index contributed by atoms with van der Waals surface area (Å²) in [6.07, 6.45) is 88.8. The lowest BCUT2D eigenvalue weighted by molar-refractivity contribution is -0.161. The van der Waals surface area contributed by atoms with Gasteiger partial charge in [0.2, 0.25) is 0 Å². The van der Waals surface area contributed by atoms with Crippen molar-refractivity contribution in [2.24, 2.45) is 0 Å². The number of carbonyl (C=O) groups excluding carboxylic acids is 4. The fourth-order valence-corrected chi connectivity index (χ4v) is 12.3. The van der Waals surface area contributed by atoms with Crippen molar-refractivity contribution < 1.29 is 80.2 Å². The van der Waals surface area contributed by atoms with Crippen LogP contribution in [0.3, 0.4) is 0 Å². The summed E-state index contributed by atoms with van der Waals surface area (Å²) in [6, 6.07) is 0. The molecule has 0 saturated heterocycles. The van der Waals surface area contributed by atoms with Gasteiger partial charge in [-0.25, -0.2) is 9.13 Å². The molecule has 0 aromatic heterocycles. The molecule has 19 heteroatoms. The zero-order valence-corrected chi connectivity index (χ0v) is 68.4. The van der Waals surface area contributed by atoms with E-state index in [-0.39, 0.29) is 25.7 Å². The second kappa shape index (κ2) is 78.3. The summed E-state index contributed by atoms with van der Waals surface area (Å²) < 4.78 is 68.5. The molecule has 0 aliphatic rings. The molecule has 0 heterocycles. The summed E-state index contributed by atoms with van der Waals surface area (Å²) in [4.78, 5) is 73.0. The predicted molar refractivity (Wildman–Crippen MR) is 436 cm³/mol. The Morgan fingerprint density at radius 2 is 0.481 bits per heavy atom. The summed E-state index contributed by atoms with van der Waals surface area (Å²) in [7, 11) is -10.0. The highest BCUT2D eigenvalue weighted by atomic mass is 31.2. The first-order valence-electron chi connectivity index (χ1n) is 41.4. The first-order valence-corrected chi connectivity index (χ1v) is 44.4. The number of carbonyl (C=O) groups is 4. The van der Waals surface area contributed by atoms with Gasteiger partial charge < -0.3 is 33.8 Å². The highest BCUT2D eigenvalue weighted by Gasteiger charge is 2.30. The van der Waals surface area contributed by atoms with Crippen LogP contribution in [-0.4, -0.2) is 96.7 Å². The fourth-order valence-electron chi connectivity index (χ4n) is 10.8. The number of unbranched alkanes of at least 4 members (excludes halogenated alkanes) is 29. The lowest BCUT2D eigenvalue weighted by Crippen LogP contribution is -2.30. The smallest absolute Gasteiger partial charge is 0.462 e. The summed E-state index contributed by atoms with van der Waals surface area (Å²) >= 11 is 0. The fraction of sp³-hybridized carbons (Fsp3) is 0.701. The number of esters is 4. The van der Waals surface area contributed by atoms with E-state index in [9.17, 15) is 43.2 Å². The van der Waals surface area contributed by atoms with Crippen molar-refractivity contribution in [3.05, 3.63) is 134 Å². The average Bonchev–Trinajstić information content (AvgIpc) is 0.903. The number of phosphoric ester groups is 2. The molecular weight excluding hydrogens is 1380 g/mol. The molecule has 0 radical (unpaired) electrons. The largest absolute Gasteiger partial charge is 0.472 e. The van der Waals surface area contributed by atoms with Gasteiger partial charge in [0.25, 0.3) is 0 Å². The molecule has 106 heavy (non-hydrogen) atoms. The monoisotopic (exact) mass is 1530 g/mol. The molecular formula is C87H148O17P2. The maximum atomic E-state index is 13.1. The SMILES string of the molecule is CCCCC/C=C\C/C=C\C/C=C\C/C=C\C/C=C\CCC(=O)OC[C@H](COP(=O)(O)OC[C@@H](O)COP(=O)(O)OC[C@@H](COC(=O)CCCCCCC/C=C\CCCCCC)OC(=O)CCCCCCCCCCCCCCCCC)OC(=O)CC/C=C\C/C=C\C/C=C\C/C=C\C/C=C\CCCCC. The van der Waals surface area contributed by atoms with Gasteiger partial charge in [-0.15, -0.1) is 0 Å². The van der Waals surface area contributed by atoms with Gasteiger partial charge in [0, 0.05) is 25.7 Å². The van der Waals surface area contributed by atoms with Crippen LogP contribution >= 0.6 is 15.6 Å². The molecule has 2 unspecified atom stereocenters. The van der Waals surface area contributed by atoms with Crippen LogP contribution in [0.15, 0.2) is 134 Å². The Morgan fingerprint density at radius 1 is 0.264 bits per heavy atom. The van der Waals surface area contributed by atoms with Crippen molar-refractivity contribution in [1.82, 2.24) is 0 Å². The summed E-state index contributed by atoms with van der Waals surface area (Å²) in [5, 5.41) is 10.6. The Balaban J connectivity index is 5.50. The van der Waals surface area contributed by atoms with Crippen molar-refractivity contribution in [1.29, 1.82) is 0 Å². The van der Waals surface area contributed by atoms with Gasteiger partial charge in [0.15, 0.2) is 12.2 Å². The molecule has 0 aliphatic heterocycles. The maximum absolute atomic E-state index is 13.1. The highest BCUT2D eigenvalue weighted by molar-refractivity contribution is 7.47. The van der Waals surface area contributed by atoms with E-state index in [0.29, 0.717) is 38.5 Å². The zero-order valence-electron chi connectivity index (χ0n) is 66.6.